The van der Waals surface area contributed by atoms with Crippen LogP contribution in [0.3, 0.4) is 0 Å². The molecule has 2 atom stereocenters. The fourth-order valence-corrected chi connectivity index (χ4v) is 3.10. The number of rotatable bonds is 7. The maximum atomic E-state index is 12.3. The zero-order valence-corrected chi connectivity index (χ0v) is 16.7. The Balaban J connectivity index is 2.64. The van der Waals surface area contributed by atoms with Crippen LogP contribution in [0.5, 0.6) is 0 Å². The van der Waals surface area contributed by atoms with Crippen LogP contribution in [0.15, 0.2) is 29.2 Å². The van der Waals surface area contributed by atoms with Gasteiger partial charge in [-0.25, -0.2) is 13.2 Å². The van der Waals surface area contributed by atoms with Crippen molar-refractivity contribution in [3.63, 3.8) is 0 Å². The molecule has 0 aliphatic carbocycles. The number of carbonyl (C=O) groups excluding carboxylic acids is 3. The Morgan fingerprint density at radius 1 is 1.00 bits per heavy atom. The Hall–Kier alpha value is -2.46. The van der Waals surface area contributed by atoms with Gasteiger partial charge in [-0.1, -0.05) is 17.7 Å². The molecule has 3 N–H and O–H groups in total. The summed E-state index contributed by atoms with van der Waals surface area (Å²) in [5.74, 6) is -1.77. The van der Waals surface area contributed by atoms with E-state index in [2.05, 4.69) is 10.0 Å². The second-order valence-corrected chi connectivity index (χ2v) is 8.07. The van der Waals surface area contributed by atoms with Crippen molar-refractivity contribution in [2.45, 2.75) is 57.7 Å². The molecule has 0 heterocycles. The van der Waals surface area contributed by atoms with Gasteiger partial charge in [-0.2, -0.15) is 4.72 Å². The molecule has 3 amide bonds. The normalized spacial score (nSPS) is 13.6. The van der Waals surface area contributed by atoms with Crippen LogP contribution in [-0.4, -0.2) is 44.5 Å². The predicted octanol–water partition coefficient (Wildman–Crippen LogP) is 0.828. The van der Waals surface area contributed by atoms with Crippen LogP contribution in [0.25, 0.3) is 0 Å². The number of benzene rings is 1. The number of hydrogen-bond donors (Lipinski definition) is 3. The molecular weight excluding hydrogens is 374 g/mol. The minimum Gasteiger partial charge on any atom is -0.451 e. The van der Waals surface area contributed by atoms with Crippen LogP contribution < -0.4 is 15.4 Å². The van der Waals surface area contributed by atoms with Gasteiger partial charge in [0.25, 0.3) is 5.91 Å². The lowest BCUT2D eigenvalue weighted by Gasteiger charge is -2.18. The molecule has 0 radical (unpaired) electrons. The van der Waals surface area contributed by atoms with Crippen LogP contribution in [0.2, 0.25) is 0 Å². The number of sulfonamides is 1. The van der Waals surface area contributed by atoms with E-state index in [-0.39, 0.29) is 10.9 Å². The first-order valence-corrected chi connectivity index (χ1v) is 9.81. The summed E-state index contributed by atoms with van der Waals surface area (Å²) in [6.45, 7) is 7.82. The first-order chi connectivity index (χ1) is 12.4. The molecule has 0 saturated carbocycles. The zero-order chi connectivity index (χ0) is 20.8. The maximum Gasteiger partial charge on any atom is 0.324 e. The van der Waals surface area contributed by atoms with E-state index in [1.54, 1.807) is 26.0 Å². The highest BCUT2D eigenvalue weighted by atomic mass is 32.2. The number of carbonyl (C=O) groups is 3. The van der Waals surface area contributed by atoms with E-state index in [0.717, 1.165) is 5.56 Å². The predicted molar refractivity (Wildman–Crippen MR) is 98.3 cm³/mol. The van der Waals surface area contributed by atoms with Gasteiger partial charge >= 0.3 is 12.0 Å². The van der Waals surface area contributed by atoms with Gasteiger partial charge in [-0.05, 0) is 46.8 Å². The maximum absolute atomic E-state index is 12.3. The number of imide groups is 1. The zero-order valence-electron chi connectivity index (χ0n) is 15.9. The molecule has 1 unspecified atom stereocenters. The van der Waals surface area contributed by atoms with Crippen molar-refractivity contribution in [1.82, 2.24) is 15.4 Å². The molecule has 0 aliphatic rings. The molecule has 0 aliphatic heterocycles. The lowest BCUT2D eigenvalue weighted by molar-refractivity contribution is -0.155. The minimum atomic E-state index is -3.93. The molecular formula is C17H25N3O6S. The summed E-state index contributed by atoms with van der Waals surface area (Å²) in [6.07, 6.45) is -1.28. The van der Waals surface area contributed by atoms with Gasteiger partial charge in [0.1, 0.15) is 6.04 Å². The van der Waals surface area contributed by atoms with Crippen LogP contribution in [0.4, 0.5) is 4.79 Å². The molecule has 27 heavy (non-hydrogen) atoms. The Kier molecular flexibility index (Phi) is 7.92. The van der Waals surface area contributed by atoms with E-state index in [1.165, 1.54) is 26.0 Å². The highest BCUT2D eigenvalue weighted by Gasteiger charge is 2.27. The van der Waals surface area contributed by atoms with E-state index in [0.29, 0.717) is 0 Å². The summed E-state index contributed by atoms with van der Waals surface area (Å²) in [5.41, 5.74) is 0.891. The summed E-state index contributed by atoms with van der Waals surface area (Å²) in [7, 11) is -3.93. The highest BCUT2D eigenvalue weighted by molar-refractivity contribution is 7.89. The van der Waals surface area contributed by atoms with E-state index in [1.807, 2.05) is 12.2 Å². The summed E-state index contributed by atoms with van der Waals surface area (Å²) >= 11 is 0. The fourth-order valence-electron chi connectivity index (χ4n) is 1.91. The number of esters is 1. The van der Waals surface area contributed by atoms with E-state index < -0.39 is 40.1 Å². The van der Waals surface area contributed by atoms with Gasteiger partial charge in [0.2, 0.25) is 10.0 Å². The van der Waals surface area contributed by atoms with E-state index >= 15 is 0 Å². The Labute approximate surface area is 158 Å². The van der Waals surface area contributed by atoms with Gasteiger partial charge in [-0.3, -0.25) is 14.9 Å². The lowest BCUT2D eigenvalue weighted by Crippen LogP contribution is -2.48. The topological polar surface area (TPSA) is 131 Å². The lowest BCUT2D eigenvalue weighted by atomic mass is 10.2. The van der Waals surface area contributed by atoms with Crippen molar-refractivity contribution in [3.8, 4) is 0 Å². The average Bonchev–Trinajstić information content (AvgIpc) is 2.53. The first kappa shape index (κ1) is 22.6. The SMILES string of the molecule is Cc1ccc(S(=O)(=O)N[C@@H](C)C(=O)OC(C)C(=O)NC(=O)NC(C)C)cc1. The van der Waals surface area contributed by atoms with Crippen molar-refractivity contribution in [1.29, 1.82) is 0 Å². The molecule has 150 valence electrons. The van der Waals surface area contributed by atoms with Gasteiger partial charge in [0.05, 0.1) is 4.90 Å². The number of amides is 3. The number of hydrogen-bond acceptors (Lipinski definition) is 6. The van der Waals surface area contributed by atoms with Crippen molar-refractivity contribution in [2.24, 2.45) is 0 Å². The number of nitrogens with one attached hydrogen (secondary N) is 3. The Bertz CT molecular complexity index is 789. The quantitative estimate of drug-likeness (QED) is 0.582. The standard InChI is InChI=1S/C17H25N3O6S/c1-10(2)18-17(23)19-15(21)13(5)26-16(22)12(4)20-27(24,25)14-8-6-11(3)7-9-14/h6-10,12-13,20H,1-5H3,(H2,18,19,21,23)/t12-,13?/m0/s1. The Morgan fingerprint density at radius 3 is 2.07 bits per heavy atom. The molecule has 0 saturated heterocycles. The van der Waals surface area contributed by atoms with Crippen LogP contribution >= 0.6 is 0 Å². The third-order valence-electron chi connectivity index (χ3n) is 3.34. The fraction of sp³-hybridized carbons (Fsp3) is 0.471. The summed E-state index contributed by atoms with van der Waals surface area (Å²) < 4.78 is 31.7. The molecule has 1 aromatic carbocycles. The summed E-state index contributed by atoms with van der Waals surface area (Å²) in [4.78, 5) is 35.4. The van der Waals surface area contributed by atoms with E-state index in [9.17, 15) is 22.8 Å². The average molecular weight is 399 g/mol. The Morgan fingerprint density at radius 2 is 1.56 bits per heavy atom. The highest BCUT2D eigenvalue weighted by Crippen LogP contribution is 2.11. The van der Waals surface area contributed by atoms with Gasteiger partial charge in [-0.15, -0.1) is 0 Å². The van der Waals surface area contributed by atoms with E-state index in [4.69, 9.17) is 4.74 Å². The molecule has 1 rings (SSSR count). The summed E-state index contributed by atoms with van der Waals surface area (Å²) in [6, 6.07) is 3.98. The summed E-state index contributed by atoms with van der Waals surface area (Å²) in [5, 5.41) is 4.48. The van der Waals surface area contributed by atoms with Gasteiger partial charge in [0, 0.05) is 6.04 Å². The largest absolute Gasteiger partial charge is 0.451 e. The molecule has 1 aromatic rings. The third-order valence-corrected chi connectivity index (χ3v) is 4.89. The number of ether oxygens (including phenoxy) is 1. The monoisotopic (exact) mass is 399 g/mol. The van der Waals surface area contributed by atoms with Gasteiger partial charge in [0.15, 0.2) is 6.10 Å². The van der Waals surface area contributed by atoms with Crippen LogP contribution in [-0.2, 0) is 24.3 Å². The van der Waals surface area contributed by atoms with Crippen LogP contribution in [0.1, 0.15) is 33.3 Å². The smallest absolute Gasteiger partial charge is 0.324 e. The third kappa shape index (κ3) is 7.35. The van der Waals surface area contributed by atoms with Crippen LogP contribution in [0, 0.1) is 6.92 Å². The molecule has 0 aromatic heterocycles. The minimum absolute atomic E-state index is 0.00361. The van der Waals surface area contributed by atoms with Crippen molar-refractivity contribution in [2.75, 3.05) is 0 Å². The second-order valence-electron chi connectivity index (χ2n) is 6.35. The molecule has 0 spiro atoms. The molecule has 9 nitrogen and oxygen atoms in total. The number of aryl methyl sites for hydroxylation is 1. The van der Waals surface area contributed by atoms with Gasteiger partial charge < -0.3 is 10.1 Å². The number of urea groups is 1. The van der Waals surface area contributed by atoms with Crippen molar-refractivity contribution < 1.29 is 27.5 Å². The molecule has 0 fully saturated rings. The van der Waals surface area contributed by atoms with Crippen molar-refractivity contribution >= 4 is 27.9 Å². The first-order valence-electron chi connectivity index (χ1n) is 8.33. The molecule has 10 heteroatoms. The molecule has 0 bridgehead atoms. The van der Waals surface area contributed by atoms with Crippen molar-refractivity contribution in [3.05, 3.63) is 29.8 Å². The second kappa shape index (κ2) is 9.47.